The van der Waals surface area contributed by atoms with Crippen molar-refractivity contribution in [3.63, 3.8) is 0 Å². The van der Waals surface area contributed by atoms with Crippen LogP contribution < -0.4 is 11.3 Å². The molecule has 0 atom stereocenters. The zero-order chi connectivity index (χ0) is 6.85. The van der Waals surface area contributed by atoms with Gasteiger partial charge in [-0.15, -0.1) is 0 Å². The lowest BCUT2D eigenvalue weighted by Gasteiger charge is -2.13. The smallest absolute Gasteiger partial charge is 0.143 e. The number of nitrogens with zero attached hydrogens (tertiary/aromatic N) is 2. The van der Waals surface area contributed by atoms with Crippen molar-refractivity contribution in [2.24, 2.45) is 16.9 Å². The highest BCUT2D eigenvalue weighted by atomic mass is 15.6. The van der Waals surface area contributed by atoms with Crippen molar-refractivity contribution >= 4 is 5.84 Å². The van der Waals surface area contributed by atoms with E-state index in [0.717, 1.165) is 5.84 Å². The van der Waals surface area contributed by atoms with E-state index in [1.807, 2.05) is 0 Å². The van der Waals surface area contributed by atoms with Crippen molar-refractivity contribution in [3.05, 3.63) is 0 Å². The molecular weight excluding hydrogens is 116 g/mol. The fraction of sp³-hybridized carbons (Fsp3) is 0.800. The van der Waals surface area contributed by atoms with Gasteiger partial charge < -0.3 is 0 Å². The van der Waals surface area contributed by atoms with E-state index in [2.05, 4.69) is 24.4 Å². The molecule has 4 nitrogen and oxygen atoms in total. The lowest BCUT2D eigenvalue weighted by molar-refractivity contribution is 0.430. The van der Waals surface area contributed by atoms with Gasteiger partial charge in [-0.25, -0.2) is 5.84 Å². The van der Waals surface area contributed by atoms with Gasteiger partial charge in [-0.2, -0.15) is 5.10 Å². The van der Waals surface area contributed by atoms with E-state index in [-0.39, 0.29) is 0 Å². The van der Waals surface area contributed by atoms with Gasteiger partial charge in [0.05, 0.1) is 0 Å². The standard InChI is InChI=1S/C5H12N4/c1-4(2)5-8-7-3-9(5)6/h4,7H,3,6H2,1-2H3. The molecule has 0 aliphatic carbocycles. The minimum absolute atomic E-state index is 0.407. The number of hydrazine groups is 1. The van der Waals surface area contributed by atoms with Crippen molar-refractivity contribution in [3.8, 4) is 0 Å². The van der Waals surface area contributed by atoms with Crippen LogP contribution in [0.5, 0.6) is 0 Å². The van der Waals surface area contributed by atoms with Crippen LogP contribution in [0.2, 0.25) is 0 Å². The van der Waals surface area contributed by atoms with E-state index in [4.69, 9.17) is 5.84 Å². The fourth-order valence-corrected chi connectivity index (χ4v) is 0.799. The van der Waals surface area contributed by atoms with Crippen LogP contribution in [0.3, 0.4) is 0 Å². The molecule has 0 aromatic heterocycles. The average Bonchev–Trinajstić information content (AvgIpc) is 2.13. The lowest BCUT2D eigenvalue weighted by Crippen LogP contribution is -2.38. The second-order valence-corrected chi connectivity index (χ2v) is 2.41. The van der Waals surface area contributed by atoms with Crippen LogP contribution in [-0.4, -0.2) is 17.5 Å². The van der Waals surface area contributed by atoms with Crippen molar-refractivity contribution in [2.45, 2.75) is 13.8 Å². The van der Waals surface area contributed by atoms with E-state index in [9.17, 15) is 0 Å². The van der Waals surface area contributed by atoms with Gasteiger partial charge in [-0.3, -0.25) is 10.4 Å². The zero-order valence-corrected chi connectivity index (χ0v) is 5.76. The number of amidine groups is 1. The van der Waals surface area contributed by atoms with Crippen molar-refractivity contribution in [1.82, 2.24) is 10.4 Å². The molecule has 0 spiro atoms. The Hall–Kier alpha value is -0.770. The summed E-state index contributed by atoms with van der Waals surface area (Å²) in [5.41, 5.74) is 2.79. The highest BCUT2D eigenvalue weighted by molar-refractivity contribution is 5.84. The Kier molecular flexibility index (Phi) is 1.57. The van der Waals surface area contributed by atoms with E-state index < -0.39 is 0 Å². The minimum atomic E-state index is 0.407. The van der Waals surface area contributed by atoms with Crippen molar-refractivity contribution in [1.29, 1.82) is 0 Å². The van der Waals surface area contributed by atoms with Gasteiger partial charge in [0.2, 0.25) is 0 Å². The van der Waals surface area contributed by atoms with Crippen LogP contribution >= 0.6 is 0 Å². The molecule has 0 bridgehead atoms. The summed E-state index contributed by atoms with van der Waals surface area (Å²) in [7, 11) is 0. The van der Waals surface area contributed by atoms with E-state index in [0.29, 0.717) is 12.6 Å². The molecule has 3 N–H and O–H groups in total. The van der Waals surface area contributed by atoms with Gasteiger partial charge in [0.15, 0.2) is 0 Å². The number of rotatable bonds is 1. The Morgan fingerprint density at radius 2 is 2.44 bits per heavy atom. The highest BCUT2D eigenvalue weighted by Crippen LogP contribution is 2.01. The first-order chi connectivity index (χ1) is 4.22. The van der Waals surface area contributed by atoms with Crippen LogP contribution in [-0.2, 0) is 0 Å². The molecular formula is C5H12N4. The van der Waals surface area contributed by atoms with E-state index in [1.54, 1.807) is 5.01 Å². The topological polar surface area (TPSA) is 53.7 Å². The van der Waals surface area contributed by atoms with Gasteiger partial charge in [0.25, 0.3) is 0 Å². The van der Waals surface area contributed by atoms with Crippen LogP contribution in [0.25, 0.3) is 0 Å². The van der Waals surface area contributed by atoms with Crippen LogP contribution in [0.1, 0.15) is 13.8 Å². The Labute approximate surface area is 54.7 Å². The largest absolute Gasteiger partial charge is 0.287 e. The van der Waals surface area contributed by atoms with E-state index in [1.165, 1.54) is 0 Å². The van der Waals surface area contributed by atoms with Gasteiger partial charge in [0, 0.05) is 5.92 Å². The molecule has 1 heterocycles. The molecule has 0 unspecified atom stereocenters. The maximum atomic E-state index is 5.52. The first-order valence-corrected chi connectivity index (χ1v) is 3.04. The number of nitrogens with one attached hydrogen (secondary N) is 1. The third kappa shape index (κ3) is 1.13. The summed E-state index contributed by atoms with van der Waals surface area (Å²) < 4.78 is 0. The van der Waals surface area contributed by atoms with E-state index >= 15 is 0 Å². The zero-order valence-electron chi connectivity index (χ0n) is 5.76. The van der Waals surface area contributed by atoms with Crippen LogP contribution in [0.15, 0.2) is 5.10 Å². The Morgan fingerprint density at radius 1 is 1.78 bits per heavy atom. The second-order valence-electron chi connectivity index (χ2n) is 2.41. The maximum Gasteiger partial charge on any atom is 0.143 e. The van der Waals surface area contributed by atoms with Gasteiger partial charge in [-0.05, 0) is 0 Å². The third-order valence-corrected chi connectivity index (χ3v) is 1.25. The third-order valence-electron chi connectivity index (χ3n) is 1.25. The Balaban J connectivity index is 2.57. The summed E-state index contributed by atoms with van der Waals surface area (Å²) in [5.74, 6) is 6.85. The number of hydrogen-bond acceptors (Lipinski definition) is 4. The predicted octanol–water partition coefficient (Wildman–Crippen LogP) is -0.308. The normalized spacial score (nSPS) is 18.2. The quantitative estimate of drug-likeness (QED) is 0.476. The molecule has 0 fully saturated rings. The maximum absolute atomic E-state index is 5.52. The second kappa shape index (κ2) is 2.23. The highest BCUT2D eigenvalue weighted by Gasteiger charge is 2.15. The first kappa shape index (κ1) is 6.35. The van der Waals surface area contributed by atoms with Crippen LogP contribution in [0, 0.1) is 5.92 Å². The first-order valence-electron chi connectivity index (χ1n) is 3.04. The molecule has 52 valence electrons. The van der Waals surface area contributed by atoms with Gasteiger partial charge in [-0.1, -0.05) is 13.8 Å². The number of nitrogens with two attached hydrogens (primary N) is 1. The monoisotopic (exact) mass is 128 g/mol. The average molecular weight is 128 g/mol. The fourth-order valence-electron chi connectivity index (χ4n) is 0.799. The van der Waals surface area contributed by atoms with Gasteiger partial charge in [0.1, 0.15) is 12.5 Å². The molecule has 0 aromatic carbocycles. The molecule has 1 aliphatic heterocycles. The Bertz CT molecular complexity index is 129. The number of hydrazone groups is 1. The molecule has 0 radical (unpaired) electrons. The summed E-state index contributed by atoms with van der Waals surface area (Å²) in [4.78, 5) is 0. The lowest BCUT2D eigenvalue weighted by atomic mass is 10.2. The predicted molar refractivity (Wildman–Crippen MR) is 36.3 cm³/mol. The summed E-state index contributed by atoms with van der Waals surface area (Å²) in [6.45, 7) is 4.75. The summed E-state index contributed by atoms with van der Waals surface area (Å²) in [6, 6.07) is 0. The summed E-state index contributed by atoms with van der Waals surface area (Å²) in [5, 5.41) is 5.60. The summed E-state index contributed by atoms with van der Waals surface area (Å²) >= 11 is 0. The molecule has 0 saturated heterocycles. The van der Waals surface area contributed by atoms with Crippen molar-refractivity contribution in [2.75, 3.05) is 6.67 Å². The number of hydrogen-bond donors (Lipinski definition) is 2. The molecule has 0 aromatic rings. The molecule has 0 saturated carbocycles. The Morgan fingerprint density at radius 3 is 2.67 bits per heavy atom. The summed E-state index contributed by atoms with van der Waals surface area (Å²) in [6.07, 6.45) is 0. The van der Waals surface area contributed by atoms with Crippen molar-refractivity contribution < 1.29 is 0 Å². The molecule has 1 rings (SSSR count). The molecule has 9 heavy (non-hydrogen) atoms. The van der Waals surface area contributed by atoms with Crippen LogP contribution in [0.4, 0.5) is 0 Å². The SMILES string of the molecule is CC(C)C1=NNCN1N. The van der Waals surface area contributed by atoms with Gasteiger partial charge >= 0.3 is 0 Å². The molecule has 4 heteroatoms. The molecule has 1 aliphatic rings. The molecule has 0 amide bonds. The minimum Gasteiger partial charge on any atom is -0.287 e.